The van der Waals surface area contributed by atoms with Crippen LogP contribution in [0.2, 0.25) is 0 Å². The fraction of sp³-hybridized carbons (Fsp3) is 0.381. The normalized spacial score (nSPS) is 15.1. The molecule has 1 aromatic carbocycles. The number of nitrogens with one attached hydrogen (secondary N) is 3. The summed E-state index contributed by atoms with van der Waals surface area (Å²) in [5.41, 5.74) is 2.44. The van der Waals surface area contributed by atoms with Crippen molar-refractivity contribution in [2.24, 2.45) is 0 Å². The number of nitrogens with zero attached hydrogens (tertiary/aromatic N) is 2. The van der Waals surface area contributed by atoms with Crippen molar-refractivity contribution < 1.29 is 4.79 Å². The van der Waals surface area contributed by atoms with Crippen molar-refractivity contribution in [2.45, 2.75) is 38.8 Å². The van der Waals surface area contributed by atoms with E-state index in [1.165, 1.54) is 0 Å². The lowest BCUT2D eigenvalue weighted by atomic mass is 10.0. The lowest BCUT2D eigenvalue weighted by Crippen LogP contribution is -2.39. The van der Waals surface area contributed by atoms with Crippen LogP contribution >= 0.6 is 24.8 Å². The molecule has 1 aliphatic heterocycles. The van der Waals surface area contributed by atoms with E-state index in [2.05, 4.69) is 20.6 Å². The number of rotatable bonds is 4. The average Bonchev–Trinajstić information content (AvgIpc) is 3.13. The molecule has 1 atom stereocenters. The fourth-order valence-corrected chi connectivity index (χ4v) is 3.80. The Morgan fingerprint density at radius 1 is 1.20 bits per heavy atom. The summed E-state index contributed by atoms with van der Waals surface area (Å²) in [4.78, 5) is 33.8. The van der Waals surface area contributed by atoms with Crippen LogP contribution in [0, 0.1) is 6.92 Å². The van der Waals surface area contributed by atoms with Crippen LogP contribution in [0.15, 0.2) is 41.3 Å². The van der Waals surface area contributed by atoms with E-state index in [4.69, 9.17) is 0 Å². The van der Waals surface area contributed by atoms with E-state index in [9.17, 15) is 9.59 Å². The predicted octanol–water partition coefficient (Wildman–Crippen LogP) is 3.29. The van der Waals surface area contributed by atoms with Crippen LogP contribution in [0.4, 0.5) is 0 Å². The molecule has 0 aliphatic carbocycles. The summed E-state index contributed by atoms with van der Waals surface area (Å²) in [7, 11) is 0. The summed E-state index contributed by atoms with van der Waals surface area (Å²) < 4.78 is 1.72. The number of benzene rings is 1. The van der Waals surface area contributed by atoms with E-state index < -0.39 is 0 Å². The molecule has 0 saturated carbocycles. The van der Waals surface area contributed by atoms with Crippen molar-refractivity contribution in [2.75, 3.05) is 13.1 Å². The van der Waals surface area contributed by atoms with E-state index in [1.54, 1.807) is 11.5 Å². The number of amides is 1. The van der Waals surface area contributed by atoms with Gasteiger partial charge in [0, 0.05) is 12.2 Å². The number of fused-ring (bicyclic) bond motifs is 1. The Kier molecular flexibility index (Phi) is 8.06. The third-order valence-electron chi connectivity index (χ3n) is 5.42. The number of H-pyrrole nitrogens is 1. The largest absolute Gasteiger partial charge is 0.342 e. The number of aromatic nitrogens is 3. The first kappa shape index (κ1) is 23.9. The Balaban J connectivity index is 0.00000160. The number of halogens is 2. The summed E-state index contributed by atoms with van der Waals surface area (Å²) in [6.45, 7) is 5.43. The second-order valence-electron chi connectivity index (χ2n) is 7.40. The average molecular weight is 452 g/mol. The van der Waals surface area contributed by atoms with E-state index in [0.717, 1.165) is 37.0 Å². The number of aromatic amines is 1. The Morgan fingerprint density at radius 2 is 1.90 bits per heavy atom. The number of aryl methyl sites for hydroxylation is 1. The Bertz CT molecular complexity index is 1040. The van der Waals surface area contributed by atoms with Crippen LogP contribution in [0.5, 0.6) is 0 Å². The molecule has 7 nitrogen and oxygen atoms in total. The minimum atomic E-state index is -0.362. The van der Waals surface area contributed by atoms with Gasteiger partial charge in [0.2, 0.25) is 0 Å². The highest BCUT2D eigenvalue weighted by molar-refractivity contribution is 5.95. The topological polar surface area (TPSA) is 91.8 Å². The molecule has 3 heterocycles. The second kappa shape index (κ2) is 10.1. The van der Waals surface area contributed by atoms with Crippen LogP contribution in [-0.2, 0) is 0 Å². The molecule has 0 radical (unpaired) electrons. The zero-order valence-electron chi connectivity index (χ0n) is 17.0. The summed E-state index contributed by atoms with van der Waals surface area (Å²) in [5.74, 6) is 0.306. The van der Waals surface area contributed by atoms with Gasteiger partial charge in [-0.1, -0.05) is 12.1 Å². The van der Waals surface area contributed by atoms with Crippen molar-refractivity contribution >= 4 is 41.8 Å². The number of piperidine rings is 1. The summed E-state index contributed by atoms with van der Waals surface area (Å²) >= 11 is 0. The molecule has 9 heteroatoms. The predicted molar refractivity (Wildman–Crippen MR) is 123 cm³/mol. The molecular weight excluding hydrogens is 425 g/mol. The third-order valence-corrected chi connectivity index (χ3v) is 5.42. The molecule has 1 unspecified atom stereocenters. The van der Waals surface area contributed by atoms with Crippen molar-refractivity contribution in [1.82, 2.24) is 25.2 Å². The standard InChI is InChI=1S/C21H25N5O2.2ClH/c1-13-9-12-26(15-7-10-22-11-8-15)21(28)18(13)20(27)23-14(2)19-24-16-5-3-4-6-17(16)25-19;;/h3-6,9,12,14-15,22H,7-8,10-11H2,1-2H3,(H,23,27)(H,24,25);2*1H. The molecule has 162 valence electrons. The Hall–Kier alpha value is -2.35. The van der Waals surface area contributed by atoms with Gasteiger partial charge in [-0.15, -0.1) is 24.8 Å². The van der Waals surface area contributed by atoms with Gasteiger partial charge in [0.25, 0.3) is 11.5 Å². The van der Waals surface area contributed by atoms with E-state index in [-0.39, 0.29) is 53.9 Å². The molecule has 30 heavy (non-hydrogen) atoms. The van der Waals surface area contributed by atoms with Gasteiger partial charge in [-0.2, -0.15) is 0 Å². The molecule has 3 aromatic rings. The van der Waals surface area contributed by atoms with Gasteiger partial charge < -0.3 is 20.2 Å². The van der Waals surface area contributed by atoms with Gasteiger partial charge >= 0.3 is 0 Å². The number of hydrogen-bond acceptors (Lipinski definition) is 4. The lowest BCUT2D eigenvalue weighted by molar-refractivity contribution is 0.0935. The monoisotopic (exact) mass is 451 g/mol. The molecule has 2 aromatic heterocycles. The Morgan fingerprint density at radius 3 is 2.60 bits per heavy atom. The molecule has 1 amide bonds. The van der Waals surface area contributed by atoms with Gasteiger partial charge in [0.1, 0.15) is 11.4 Å². The fourth-order valence-electron chi connectivity index (χ4n) is 3.80. The first-order valence-corrected chi connectivity index (χ1v) is 9.72. The van der Waals surface area contributed by atoms with Crippen LogP contribution in [-0.4, -0.2) is 33.5 Å². The number of para-hydroxylation sites is 2. The van der Waals surface area contributed by atoms with Crippen molar-refractivity contribution in [3.05, 3.63) is 63.8 Å². The molecule has 0 spiro atoms. The highest BCUT2D eigenvalue weighted by atomic mass is 35.5. The van der Waals surface area contributed by atoms with Gasteiger partial charge in [-0.3, -0.25) is 9.59 Å². The van der Waals surface area contributed by atoms with Crippen LogP contribution in [0.3, 0.4) is 0 Å². The number of carbonyl (C=O) groups excluding carboxylic acids is 1. The summed E-state index contributed by atoms with van der Waals surface area (Å²) in [6, 6.07) is 9.36. The number of carbonyl (C=O) groups is 1. The van der Waals surface area contributed by atoms with Gasteiger partial charge in [0.05, 0.1) is 17.1 Å². The van der Waals surface area contributed by atoms with E-state index in [0.29, 0.717) is 11.4 Å². The highest BCUT2D eigenvalue weighted by Crippen LogP contribution is 2.19. The molecule has 1 saturated heterocycles. The lowest BCUT2D eigenvalue weighted by Gasteiger charge is -2.25. The van der Waals surface area contributed by atoms with E-state index in [1.807, 2.05) is 43.5 Å². The first-order valence-electron chi connectivity index (χ1n) is 9.72. The Labute approximate surface area is 187 Å². The maximum absolute atomic E-state index is 13.0. The van der Waals surface area contributed by atoms with Crippen molar-refractivity contribution in [3.8, 4) is 0 Å². The second-order valence-corrected chi connectivity index (χ2v) is 7.40. The van der Waals surface area contributed by atoms with Crippen molar-refractivity contribution in [3.63, 3.8) is 0 Å². The quantitative estimate of drug-likeness (QED) is 0.567. The molecule has 1 aliphatic rings. The maximum atomic E-state index is 13.0. The van der Waals surface area contributed by atoms with E-state index >= 15 is 0 Å². The zero-order valence-corrected chi connectivity index (χ0v) is 18.6. The maximum Gasteiger partial charge on any atom is 0.263 e. The molecule has 3 N–H and O–H groups in total. The minimum absolute atomic E-state index is 0. The minimum Gasteiger partial charge on any atom is -0.342 e. The highest BCUT2D eigenvalue weighted by Gasteiger charge is 2.23. The van der Waals surface area contributed by atoms with Gasteiger partial charge in [-0.25, -0.2) is 4.98 Å². The summed E-state index contributed by atoms with van der Waals surface area (Å²) in [6.07, 6.45) is 3.59. The van der Waals surface area contributed by atoms with Crippen LogP contribution in [0.1, 0.15) is 53.6 Å². The zero-order chi connectivity index (χ0) is 19.7. The van der Waals surface area contributed by atoms with Gasteiger partial charge in [0.15, 0.2) is 0 Å². The van der Waals surface area contributed by atoms with Crippen LogP contribution in [0.25, 0.3) is 11.0 Å². The van der Waals surface area contributed by atoms with Crippen LogP contribution < -0.4 is 16.2 Å². The smallest absolute Gasteiger partial charge is 0.263 e. The number of pyridine rings is 1. The SMILES string of the molecule is Cc1ccn(C2CCNCC2)c(=O)c1C(=O)NC(C)c1nc2ccccc2[nH]1.Cl.Cl. The molecular formula is C21H27Cl2N5O2. The number of hydrogen-bond donors (Lipinski definition) is 3. The van der Waals surface area contributed by atoms with Crippen molar-refractivity contribution in [1.29, 1.82) is 0 Å². The molecule has 0 bridgehead atoms. The molecule has 4 rings (SSSR count). The third kappa shape index (κ3) is 4.69. The number of imidazole rings is 1. The van der Waals surface area contributed by atoms with Gasteiger partial charge in [-0.05, 0) is 63.5 Å². The summed E-state index contributed by atoms with van der Waals surface area (Å²) in [5, 5.41) is 6.23. The first-order chi connectivity index (χ1) is 13.5. The molecule has 1 fully saturated rings.